The minimum atomic E-state index is -1.05. The predicted molar refractivity (Wildman–Crippen MR) is 107 cm³/mol. The number of carboxylic acid groups (broad SMARTS) is 1. The second-order valence-electron chi connectivity index (χ2n) is 6.72. The van der Waals surface area contributed by atoms with Crippen LogP contribution in [0.1, 0.15) is 32.3 Å². The van der Waals surface area contributed by atoms with Gasteiger partial charge in [0.05, 0.1) is 12.1 Å². The summed E-state index contributed by atoms with van der Waals surface area (Å²) in [5.41, 5.74) is 2.01. The second-order valence-corrected chi connectivity index (χ2v) is 6.72. The van der Waals surface area contributed by atoms with Gasteiger partial charge in [0.25, 0.3) is 5.89 Å². The van der Waals surface area contributed by atoms with E-state index < -0.39 is 11.9 Å². The zero-order valence-electron chi connectivity index (χ0n) is 16.0. The number of amides is 3. The number of carbonyl (C=O) groups excluding carboxylic acids is 2. The van der Waals surface area contributed by atoms with E-state index in [0.29, 0.717) is 17.9 Å². The fourth-order valence-electron chi connectivity index (χ4n) is 3.13. The van der Waals surface area contributed by atoms with Crippen molar-refractivity contribution in [1.82, 2.24) is 10.3 Å². The van der Waals surface area contributed by atoms with Crippen LogP contribution < -0.4 is 15.1 Å². The number of hydrogen-bond donors (Lipinski definition) is 2. The number of carboxylic acids is 1. The molecule has 0 saturated heterocycles. The zero-order chi connectivity index (χ0) is 21.3. The van der Waals surface area contributed by atoms with Crippen LogP contribution in [0.5, 0.6) is 0 Å². The van der Waals surface area contributed by atoms with E-state index in [9.17, 15) is 14.4 Å². The third-order valence-electron chi connectivity index (χ3n) is 4.72. The number of carbonyl (C=O) groups is 3. The summed E-state index contributed by atoms with van der Waals surface area (Å²) in [6.45, 7) is 0.421. The van der Waals surface area contributed by atoms with Crippen molar-refractivity contribution in [3.63, 3.8) is 0 Å². The minimum Gasteiger partial charge on any atom is -0.478 e. The Labute approximate surface area is 171 Å². The van der Waals surface area contributed by atoms with Crippen LogP contribution in [-0.2, 0) is 13.1 Å². The first-order chi connectivity index (χ1) is 14.4. The zero-order valence-corrected chi connectivity index (χ0v) is 16.0. The van der Waals surface area contributed by atoms with Crippen LogP contribution in [0, 0.1) is 0 Å². The van der Waals surface area contributed by atoms with Gasteiger partial charge in [-0.25, -0.2) is 14.6 Å². The summed E-state index contributed by atoms with van der Waals surface area (Å²) in [5.74, 6) is -1.44. The lowest BCUT2D eigenvalue weighted by molar-refractivity contribution is 0.0696. The highest BCUT2D eigenvalue weighted by atomic mass is 16.4. The van der Waals surface area contributed by atoms with Crippen LogP contribution in [0.2, 0.25) is 0 Å². The van der Waals surface area contributed by atoms with E-state index in [-0.39, 0.29) is 29.9 Å². The number of rotatable bonds is 5. The van der Waals surface area contributed by atoms with Gasteiger partial charge in [-0.3, -0.25) is 14.6 Å². The standard InChI is InChI=1S/C21H18N4O5/c1-24-19-16(12-25(21(24)29)15-9-7-14(8-10-15)20(27)28)23-18(30-19)17(26)22-11-13-5-3-2-4-6-13/h2-10H,11-12H2,1H3,(H,22,26)(H,27,28). The van der Waals surface area contributed by atoms with Gasteiger partial charge in [0.1, 0.15) is 5.69 Å². The number of fused-ring (bicyclic) bond motifs is 1. The predicted octanol–water partition coefficient (Wildman–Crippen LogP) is 2.88. The van der Waals surface area contributed by atoms with E-state index in [1.165, 1.54) is 29.0 Å². The quantitative estimate of drug-likeness (QED) is 0.673. The summed E-state index contributed by atoms with van der Waals surface area (Å²) in [5, 5.41) is 11.8. The van der Waals surface area contributed by atoms with Gasteiger partial charge < -0.3 is 14.8 Å². The summed E-state index contributed by atoms with van der Waals surface area (Å²) < 4.78 is 5.55. The Morgan fingerprint density at radius 1 is 1.13 bits per heavy atom. The molecule has 2 heterocycles. The summed E-state index contributed by atoms with van der Waals surface area (Å²) in [6, 6.07) is 15.0. The topological polar surface area (TPSA) is 116 Å². The van der Waals surface area contributed by atoms with Gasteiger partial charge in [0, 0.05) is 19.3 Å². The molecular weight excluding hydrogens is 388 g/mol. The Morgan fingerprint density at radius 2 is 1.83 bits per heavy atom. The van der Waals surface area contributed by atoms with Crippen LogP contribution in [0.15, 0.2) is 59.0 Å². The fourth-order valence-corrected chi connectivity index (χ4v) is 3.13. The second kappa shape index (κ2) is 7.70. The van der Waals surface area contributed by atoms with Gasteiger partial charge in [0.2, 0.25) is 5.88 Å². The average Bonchev–Trinajstić information content (AvgIpc) is 3.20. The molecule has 9 nitrogen and oxygen atoms in total. The van der Waals surface area contributed by atoms with E-state index in [0.717, 1.165) is 5.56 Å². The van der Waals surface area contributed by atoms with Crippen molar-refractivity contribution < 1.29 is 23.9 Å². The summed E-state index contributed by atoms with van der Waals surface area (Å²) >= 11 is 0. The van der Waals surface area contributed by atoms with Crippen LogP contribution in [0.4, 0.5) is 16.4 Å². The molecule has 2 N–H and O–H groups in total. The number of hydrogen-bond acceptors (Lipinski definition) is 5. The van der Waals surface area contributed by atoms with Gasteiger partial charge in [-0.05, 0) is 29.8 Å². The first-order valence-electron chi connectivity index (χ1n) is 9.14. The van der Waals surface area contributed by atoms with Gasteiger partial charge in [-0.1, -0.05) is 30.3 Å². The highest BCUT2D eigenvalue weighted by molar-refractivity contribution is 6.05. The molecule has 152 valence electrons. The molecular formula is C21H18N4O5. The number of aromatic carboxylic acids is 1. The summed E-state index contributed by atoms with van der Waals surface area (Å²) in [6.07, 6.45) is 0. The maximum Gasteiger partial charge on any atom is 0.335 e. The van der Waals surface area contributed by atoms with Crippen molar-refractivity contribution in [2.45, 2.75) is 13.1 Å². The average molecular weight is 406 g/mol. The lowest BCUT2D eigenvalue weighted by Gasteiger charge is -2.31. The lowest BCUT2D eigenvalue weighted by Crippen LogP contribution is -2.45. The van der Waals surface area contributed by atoms with Gasteiger partial charge in [0.15, 0.2) is 0 Å². The molecule has 1 aliphatic rings. The number of oxazole rings is 1. The molecule has 0 fully saturated rings. The van der Waals surface area contributed by atoms with Gasteiger partial charge in [-0.2, -0.15) is 0 Å². The fraction of sp³-hybridized carbons (Fsp3) is 0.143. The Morgan fingerprint density at radius 3 is 2.50 bits per heavy atom. The number of nitrogens with zero attached hydrogens (tertiary/aromatic N) is 3. The maximum absolute atomic E-state index is 12.7. The molecule has 0 bridgehead atoms. The van der Waals surface area contributed by atoms with E-state index >= 15 is 0 Å². The van der Waals surface area contributed by atoms with E-state index in [1.807, 2.05) is 30.3 Å². The third-order valence-corrected chi connectivity index (χ3v) is 4.72. The largest absolute Gasteiger partial charge is 0.478 e. The van der Waals surface area contributed by atoms with Gasteiger partial charge in [-0.15, -0.1) is 0 Å². The normalized spacial score (nSPS) is 13.2. The first kappa shape index (κ1) is 19.2. The Balaban J connectivity index is 1.53. The highest BCUT2D eigenvalue weighted by Gasteiger charge is 2.34. The molecule has 0 saturated carbocycles. The minimum absolute atomic E-state index is 0.0976. The van der Waals surface area contributed by atoms with Gasteiger partial charge >= 0.3 is 17.9 Å². The van der Waals surface area contributed by atoms with Crippen molar-refractivity contribution >= 4 is 29.5 Å². The number of benzene rings is 2. The number of nitrogens with one attached hydrogen (secondary N) is 1. The molecule has 3 aromatic rings. The van der Waals surface area contributed by atoms with Crippen LogP contribution >= 0.6 is 0 Å². The molecule has 0 radical (unpaired) electrons. The summed E-state index contributed by atoms with van der Waals surface area (Å²) in [4.78, 5) is 43.2. The van der Waals surface area contributed by atoms with Crippen LogP contribution in [0.25, 0.3) is 0 Å². The molecule has 0 atom stereocenters. The van der Waals surface area contributed by atoms with E-state index in [1.54, 1.807) is 12.1 Å². The molecule has 0 spiro atoms. The SMILES string of the molecule is CN1C(=O)N(c2ccc(C(=O)O)cc2)Cc2nc(C(=O)NCc3ccccc3)oc21. The molecule has 2 aromatic carbocycles. The maximum atomic E-state index is 12.7. The molecule has 3 amide bonds. The third kappa shape index (κ3) is 3.60. The molecule has 4 rings (SSSR count). The van der Waals surface area contributed by atoms with Crippen LogP contribution in [-0.4, -0.2) is 35.0 Å². The van der Waals surface area contributed by atoms with Crippen molar-refractivity contribution in [1.29, 1.82) is 0 Å². The number of anilines is 2. The van der Waals surface area contributed by atoms with Crippen molar-refractivity contribution in [2.24, 2.45) is 0 Å². The summed E-state index contributed by atoms with van der Waals surface area (Å²) in [7, 11) is 1.52. The number of aromatic nitrogens is 1. The smallest absolute Gasteiger partial charge is 0.335 e. The lowest BCUT2D eigenvalue weighted by atomic mass is 10.2. The van der Waals surface area contributed by atoms with Crippen molar-refractivity contribution in [2.75, 3.05) is 16.8 Å². The van der Waals surface area contributed by atoms with E-state index in [2.05, 4.69) is 10.3 Å². The van der Waals surface area contributed by atoms with Crippen molar-refractivity contribution in [3.8, 4) is 0 Å². The van der Waals surface area contributed by atoms with Crippen LogP contribution in [0.3, 0.4) is 0 Å². The Kier molecular flexibility index (Phi) is 4.93. The number of urea groups is 1. The molecule has 1 aromatic heterocycles. The Hall–Kier alpha value is -4.14. The molecule has 0 unspecified atom stereocenters. The molecule has 1 aliphatic heterocycles. The molecule has 30 heavy (non-hydrogen) atoms. The monoisotopic (exact) mass is 406 g/mol. The molecule has 0 aliphatic carbocycles. The van der Waals surface area contributed by atoms with Crippen molar-refractivity contribution in [3.05, 3.63) is 77.3 Å². The first-order valence-corrected chi connectivity index (χ1v) is 9.14. The Bertz CT molecular complexity index is 1110. The highest BCUT2D eigenvalue weighted by Crippen LogP contribution is 2.31. The van der Waals surface area contributed by atoms with E-state index in [4.69, 9.17) is 9.52 Å². The molecule has 9 heteroatoms.